The second kappa shape index (κ2) is 11.2. The van der Waals surface area contributed by atoms with Gasteiger partial charge in [0.1, 0.15) is 6.61 Å². The number of esters is 1. The predicted molar refractivity (Wildman–Crippen MR) is 103 cm³/mol. The van der Waals surface area contributed by atoms with E-state index in [1.165, 1.54) is 24.3 Å². The third kappa shape index (κ3) is 9.00. The van der Waals surface area contributed by atoms with Gasteiger partial charge in [-0.2, -0.15) is 26.3 Å². The van der Waals surface area contributed by atoms with E-state index >= 15 is 0 Å². The minimum atomic E-state index is -4.40. The molecule has 0 radical (unpaired) electrons. The highest BCUT2D eigenvalue weighted by Gasteiger charge is 2.30. The number of hydrogen-bond donors (Lipinski definition) is 1. The van der Waals surface area contributed by atoms with E-state index in [1.54, 1.807) is 0 Å². The molecule has 0 amide bonds. The summed E-state index contributed by atoms with van der Waals surface area (Å²) in [4.78, 5) is 11.7. The van der Waals surface area contributed by atoms with Crippen molar-refractivity contribution in [2.45, 2.75) is 51.2 Å². The third-order valence-electron chi connectivity index (χ3n) is 4.53. The summed E-state index contributed by atoms with van der Waals surface area (Å²) in [6.45, 7) is 1.03. The highest BCUT2D eigenvalue weighted by Crippen LogP contribution is 2.30. The smallest absolute Gasteiger partial charge is 0.416 e. The Labute approximate surface area is 176 Å². The molecule has 0 aliphatic heterocycles. The van der Waals surface area contributed by atoms with Crippen LogP contribution >= 0.6 is 0 Å². The molecule has 2 aromatic carbocycles. The van der Waals surface area contributed by atoms with E-state index in [9.17, 15) is 31.1 Å². The minimum Gasteiger partial charge on any atom is -0.461 e. The first-order chi connectivity index (χ1) is 14.6. The molecule has 0 bridgehead atoms. The molecule has 0 saturated heterocycles. The molecule has 31 heavy (non-hydrogen) atoms. The largest absolute Gasteiger partial charge is 0.461 e. The first kappa shape index (κ1) is 24.7. The third-order valence-corrected chi connectivity index (χ3v) is 4.53. The number of halogens is 6. The Kier molecular flexibility index (Phi) is 8.91. The summed E-state index contributed by atoms with van der Waals surface area (Å²) in [6.07, 6.45) is -6.39. The summed E-state index contributed by atoms with van der Waals surface area (Å²) < 4.78 is 80.1. The van der Waals surface area contributed by atoms with Crippen LogP contribution in [0.5, 0.6) is 0 Å². The van der Waals surface area contributed by atoms with Crippen LogP contribution in [0.3, 0.4) is 0 Å². The Morgan fingerprint density at radius 3 is 1.77 bits per heavy atom. The maximum absolute atomic E-state index is 12.5. The van der Waals surface area contributed by atoms with Gasteiger partial charge >= 0.3 is 18.3 Å². The highest BCUT2D eigenvalue weighted by atomic mass is 19.4. The maximum atomic E-state index is 12.5. The van der Waals surface area contributed by atoms with Crippen LogP contribution in [0.15, 0.2) is 48.5 Å². The molecule has 0 aliphatic rings. The van der Waals surface area contributed by atoms with Gasteiger partial charge < -0.3 is 10.1 Å². The molecule has 0 spiro atoms. The molecule has 0 fully saturated rings. The number of ether oxygens (including phenoxy) is 1. The zero-order chi connectivity index (χ0) is 22.9. The Bertz CT molecular complexity index is 814. The molecule has 3 nitrogen and oxygen atoms in total. The number of hydrogen-bond acceptors (Lipinski definition) is 3. The van der Waals surface area contributed by atoms with Gasteiger partial charge in [-0.3, -0.25) is 4.79 Å². The van der Waals surface area contributed by atoms with E-state index in [0.717, 1.165) is 42.7 Å². The van der Waals surface area contributed by atoms with Crippen LogP contribution in [0.1, 0.15) is 47.9 Å². The number of benzene rings is 2. The molecule has 0 heterocycles. The Balaban J connectivity index is 1.54. The van der Waals surface area contributed by atoms with Gasteiger partial charge in [-0.15, -0.1) is 0 Å². The summed E-state index contributed by atoms with van der Waals surface area (Å²) >= 11 is 0. The molecule has 0 unspecified atom stereocenters. The molecule has 2 rings (SSSR count). The standard InChI is InChI=1S/C22H23F6NO2/c23-21(24,25)18-9-5-16(6-10-18)14-29-13-3-1-2-4-20(30)31-15-17-7-11-19(12-8-17)22(26,27)28/h5-12,29H,1-4,13-15H2. The van der Waals surface area contributed by atoms with E-state index in [0.29, 0.717) is 25.1 Å². The van der Waals surface area contributed by atoms with Gasteiger partial charge in [0.25, 0.3) is 0 Å². The SMILES string of the molecule is O=C(CCCCCNCc1ccc(C(F)(F)F)cc1)OCc1ccc(C(F)(F)F)cc1. The quantitative estimate of drug-likeness (QED) is 0.271. The average molecular weight is 447 g/mol. The van der Waals surface area contributed by atoms with Gasteiger partial charge in [0.15, 0.2) is 0 Å². The molecular weight excluding hydrogens is 424 g/mol. The van der Waals surface area contributed by atoms with Crippen molar-refractivity contribution < 1.29 is 35.9 Å². The van der Waals surface area contributed by atoms with E-state index in [-0.39, 0.29) is 13.0 Å². The topological polar surface area (TPSA) is 38.3 Å². The lowest BCUT2D eigenvalue weighted by molar-refractivity contribution is -0.145. The molecule has 0 atom stereocenters. The van der Waals surface area contributed by atoms with Gasteiger partial charge in [0, 0.05) is 13.0 Å². The van der Waals surface area contributed by atoms with E-state index in [4.69, 9.17) is 4.74 Å². The minimum absolute atomic E-state index is 0.0777. The van der Waals surface area contributed by atoms with E-state index in [2.05, 4.69) is 5.32 Å². The molecule has 9 heteroatoms. The van der Waals surface area contributed by atoms with Gasteiger partial charge in [-0.25, -0.2) is 0 Å². The second-order valence-electron chi connectivity index (χ2n) is 7.04. The number of unbranched alkanes of at least 4 members (excludes halogenated alkanes) is 2. The molecule has 2 aromatic rings. The van der Waals surface area contributed by atoms with Crippen LogP contribution in [0.2, 0.25) is 0 Å². The highest BCUT2D eigenvalue weighted by molar-refractivity contribution is 5.69. The molecule has 0 aromatic heterocycles. The van der Waals surface area contributed by atoms with Gasteiger partial charge in [0.2, 0.25) is 0 Å². The maximum Gasteiger partial charge on any atom is 0.416 e. The van der Waals surface area contributed by atoms with Crippen LogP contribution in [0, 0.1) is 0 Å². The van der Waals surface area contributed by atoms with Crippen molar-refractivity contribution in [2.75, 3.05) is 6.54 Å². The Morgan fingerprint density at radius 1 is 0.742 bits per heavy atom. The predicted octanol–water partition coefficient (Wildman–Crippen LogP) is 6.12. The lowest BCUT2D eigenvalue weighted by Gasteiger charge is -2.09. The van der Waals surface area contributed by atoms with E-state index < -0.39 is 29.4 Å². The number of carbonyl (C=O) groups is 1. The van der Waals surface area contributed by atoms with Crippen LogP contribution in [0.4, 0.5) is 26.3 Å². The fourth-order valence-electron chi connectivity index (χ4n) is 2.77. The van der Waals surface area contributed by atoms with Crippen LogP contribution in [-0.4, -0.2) is 12.5 Å². The number of rotatable bonds is 10. The zero-order valence-electron chi connectivity index (χ0n) is 16.7. The normalized spacial score (nSPS) is 12.1. The second-order valence-corrected chi connectivity index (χ2v) is 7.04. The number of nitrogens with one attached hydrogen (secondary N) is 1. The van der Waals surface area contributed by atoms with Gasteiger partial charge in [-0.05, 0) is 54.8 Å². The Hall–Kier alpha value is -2.55. The van der Waals surface area contributed by atoms with E-state index in [1.807, 2.05) is 0 Å². The van der Waals surface area contributed by atoms with Crippen molar-refractivity contribution in [2.24, 2.45) is 0 Å². The summed E-state index contributed by atoms with van der Waals surface area (Å²) in [6, 6.07) is 9.41. The number of carbonyl (C=O) groups excluding carboxylic acids is 1. The summed E-state index contributed by atoms with van der Waals surface area (Å²) in [5.74, 6) is -0.419. The van der Waals surface area contributed by atoms with Crippen molar-refractivity contribution in [3.63, 3.8) is 0 Å². The van der Waals surface area contributed by atoms with Crippen LogP contribution in [-0.2, 0) is 35.0 Å². The van der Waals surface area contributed by atoms with Gasteiger partial charge in [0.05, 0.1) is 11.1 Å². The first-order valence-electron chi connectivity index (χ1n) is 9.74. The lowest BCUT2D eigenvalue weighted by Crippen LogP contribution is -2.15. The van der Waals surface area contributed by atoms with Crippen molar-refractivity contribution in [3.05, 3.63) is 70.8 Å². The monoisotopic (exact) mass is 447 g/mol. The molecule has 170 valence electrons. The Morgan fingerprint density at radius 2 is 1.26 bits per heavy atom. The summed E-state index contributed by atoms with van der Waals surface area (Å²) in [5.41, 5.74) is -0.204. The van der Waals surface area contributed by atoms with Gasteiger partial charge in [-0.1, -0.05) is 30.7 Å². The molecule has 0 aliphatic carbocycles. The van der Waals surface area contributed by atoms with Crippen molar-refractivity contribution in [3.8, 4) is 0 Å². The fraction of sp³-hybridized carbons (Fsp3) is 0.409. The van der Waals surface area contributed by atoms with Crippen LogP contribution < -0.4 is 5.32 Å². The lowest BCUT2D eigenvalue weighted by atomic mass is 10.1. The average Bonchev–Trinajstić information content (AvgIpc) is 2.71. The summed E-state index contributed by atoms with van der Waals surface area (Å²) in [7, 11) is 0. The van der Waals surface area contributed by atoms with Crippen molar-refractivity contribution >= 4 is 5.97 Å². The summed E-state index contributed by atoms with van der Waals surface area (Å²) in [5, 5.41) is 3.13. The first-order valence-corrected chi connectivity index (χ1v) is 9.74. The van der Waals surface area contributed by atoms with Crippen molar-refractivity contribution in [1.29, 1.82) is 0 Å². The number of alkyl halides is 6. The van der Waals surface area contributed by atoms with Crippen molar-refractivity contribution in [1.82, 2.24) is 5.32 Å². The fourth-order valence-corrected chi connectivity index (χ4v) is 2.77. The molecular formula is C22H23F6NO2. The van der Waals surface area contributed by atoms with Crippen LogP contribution in [0.25, 0.3) is 0 Å². The molecule has 1 N–H and O–H groups in total. The zero-order valence-corrected chi connectivity index (χ0v) is 16.7. The molecule has 0 saturated carbocycles.